The fraction of sp³-hybridized carbons (Fsp3) is 0.429. The number of carbonyl (C=O) groups excluding carboxylic acids is 2. The van der Waals surface area contributed by atoms with Crippen LogP contribution in [0.4, 0.5) is 0 Å². The highest BCUT2D eigenvalue weighted by Crippen LogP contribution is 2.41. The minimum atomic E-state index is -1.08. The van der Waals surface area contributed by atoms with Gasteiger partial charge in [0.05, 0.1) is 7.11 Å². The molecule has 0 bridgehead atoms. The number of ether oxygens (including phenoxy) is 1. The van der Waals surface area contributed by atoms with Crippen LogP contribution in [-0.4, -0.2) is 24.2 Å². The molecular weight excluding hydrogens is 296 g/mol. The van der Waals surface area contributed by atoms with E-state index in [0.717, 1.165) is 22.9 Å². The summed E-state index contributed by atoms with van der Waals surface area (Å²) in [5, 5.41) is 0.765. The van der Waals surface area contributed by atoms with Crippen LogP contribution in [0, 0.1) is 0 Å². The first-order valence-corrected chi connectivity index (χ1v) is 7.05. The van der Waals surface area contributed by atoms with Crippen molar-refractivity contribution < 1.29 is 14.3 Å². The van der Waals surface area contributed by atoms with Crippen LogP contribution in [-0.2, 0) is 26.2 Å². The highest BCUT2D eigenvalue weighted by Gasteiger charge is 2.52. The van der Waals surface area contributed by atoms with Crippen LogP contribution < -0.4 is 0 Å². The van der Waals surface area contributed by atoms with Gasteiger partial charge in [0.2, 0.25) is 0 Å². The molecule has 0 fully saturated rings. The predicted molar refractivity (Wildman–Crippen MR) is 71.9 cm³/mol. The normalized spacial score (nSPS) is 21.8. The van der Waals surface area contributed by atoms with Gasteiger partial charge in [-0.25, -0.2) is 0 Å². The van der Waals surface area contributed by atoms with Crippen molar-refractivity contribution in [1.29, 1.82) is 0 Å². The number of esters is 1. The summed E-state index contributed by atoms with van der Waals surface area (Å²) >= 11 is 3.35. The number of Topliss-reactive ketones (excluding diaryl/α,β-unsaturated/α-hetero) is 1. The van der Waals surface area contributed by atoms with Crippen molar-refractivity contribution in [1.82, 2.24) is 0 Å². The molecule has 0 heterocycles. The lowest BCUT2D eigenvalue weighted by molar-refractivity contribution is -0.151. The topological polar surface area (TPSA) is 43.4 Å². The van der Waals surface area contributed by atoms with Gasteiger partial charge in [0.25, 0.3) is 0 Å². The van der Waals surface area contributed by atoms with Crippen molar-refractivity contribution in [2.24, 2.45) is 0 Å². The van der Waals surface area contributed by atoms with E-state index < -0.39 is 11.4 Å². The van der Waals surface area contributed by atoms with E-state index in [-0.39, 0.29) is 5.78 Å². The summed E-state index contributed by atoms with van der Waals surface area (Å²) in [5.41, 5.74) is 0.685. The summed E-state index contributed by atoms with van der Waals surface area (Å²) in [6.45, 7) is 0. The molecule has 1 aromatic carbocycles. The summed E-state index contributed by atoms with van der Waals surface area (Å²) in [6, 6.07) is 7.53. The van der Waals surface area contributed by atoms with Crippen LogP contribution >= 0.6 is 15.9 Å². The Labute approximate surface area is 115 Å². The molecular formula is C14H15BrO3. The number of rotatable bonds is 4. The van der Waals surface area contributed by atoms with E-state index in [4.69, 9.17) is 4.74 Å². The van der Waals surface area contributed by atoms with Crippen LogP contribution in [0.3, 0.4) is 0 Å². The zero-order valence-corrected chi connectivity index (χ0v) is 11.8. The highest BCUT2D eigenvalue weighted by atomic mass is 79.9. The van der Waals surface area contributed by atoms with Crippen LogP contribution in [0.15, 0.2) is 24.3 Å². The van der Waals surface area contributed by atoms with E-state index in [1.807, 2.05) is 24.3 Å². The molecule has 0 amide bonds. The third-order valence-corrected chi connectivity index (χ3v) is 4.08. The first-order chi connectivity index (χ1) is 8.66. The largest absolute Gasteiger partial charge is 0.468 e. The Morgan fingerprint density at radius 2 is 2.17 bits per heavy atom. The van der Waals surface area contributed by atoms with E-state index in [1.54, 1.807) is 0 Å². The summed E-state index contributed by atoms with van der Waals surface area (Å²) in [5.74, 6) is -0.477. The van der Waals surface area contributed by atoms with Crippen molar-refractivity contribution in [3.8, 4) is 0 Å². The van der Waals surface area contributed by atoms with Crippen molar-refractivity contribution in [3.63, 3.8) is 0 Å². The van der Waals surface area contributed by atoms with Crippen LogP contribution in [0.5, 0.6) is 0 Å². The molecule has 1 aliphatic rings. The van der Waals surface area contributed by atoms with Gasteiger partial charge in [-0.3, -0.25) is 9.59 Å². The maximum atomic E-state index is 12.3. The molecule has 0 saturated carbocycles. The molecule has 2 rings (SSSR count). The van der Waals surface area contributed by atoms with Crippen molar-refractivity contribution in [2.45, 2.75) is 24.7 Å². The van der Waals surface area contributed by atoms with Crippen LogP contribution in [0.25, 0.3) is 0 Å². The molecule has 0 spiro atoms. The molecule has 96 valence electrons. The fourth-order valence-corrected chi connectivity index (χ4v) is 2.95. The SMILES string of the molecule is COC(=O)C1(CCCBr)C(=O)Cc2ccccc21. The Bertz CT molecular complexity index is 474. The maximum absolute atomic E-state index is 12.3. The second-order valence-corrected chi connectivity index (χ2v) is 5.24. The van der Waals surface area contributed by atoms with Gasteiger partial charge < -0.3 is 4.74 Å². The molecule has 4 heteroatoms. The molecule has 0 radical (unpaired) electrons. The molecule has 1 aromatic rings. The number of benzene rings is 1. The number of hydrogen-bond acceptors (Lipinski definition) is 3. The monoisotopic (exact) mass is 310 g/mol. The summed E-state index contributed by atoms with van der Waals surface area (Å²) in [7, 11) is 1.34. The minimum absolute atomic E-state index is 0.0449. The first kappa shape index (κ1) is 13.3. The van der Waals surface area contributed by atoms with Gasteiger partial charge in [0.1, 0.15) is 0 Å². The maximum Gasteiger partial charge on any atom is 0.323 e. The quantitative estimate of drug-likeness (QED) is 0.487. The average Bonchev–Trinajstić information content (AvgIpc) is 2.68. The summed E-state index contributed by atoms with van der Waals surface area (Å²) < 4.78 is 4.89. The molecule has 0 N–H and O–H groups in total. The number of ketones is 1. The molecule has 1 unspecified atom stereocenters. The lowest BCUT2D eigenvalue weighted by Crippen LogP contribution is -2.41. The Kier molecular flexibility index (Phi) is 3.85. The number of carbonyl (C=O) groups is 2. The van der Waals surface area contributed by atoms with Gasteiger partial charge >= 0.3 is 5.97 Å². The Balaban J connectivity index is 2.52. The van der Waals surface area contributed by atoms with Crippen molar-refractivity contribution >= 4 is 27.7 Å². The third kappa shape index (κ3) is 1.88. The van der Waals surface area contributed by atoms with Gasteiger partial charge in [-0.2, -0.15) is 0 Å². The van der Waals surface area contributed by atoms with E-state index in [9.17, 15) is 9.59 Å². The van der Waals surface area contributed by atoms with E-state index in [1.165, 1.54) is 7.11 Å². The van der Waals surface area contributed by atoms with Gasteiger partial charge in [-0.1, -0.05) is 40.2 Å². The van der Waals surface area contributed by atoms with Crippen molar-refractivity contribution in [3.05, 3.63) is 35.4 Å². The minimum Gasteiger partial charge on any atom is -0.468 e. The van der Waals surface area contributed by atoms with Crippen LogP contribution in [0.1, 0.15) is 24.0 Å². The smallest absolute Gasteiger partial charge is 0.323 e. The van der Waals surface area contributed by atoms with Gasteiger partial charge in [0, 0.05) is 11.8 Å². The Morgan fingerprint density at radius 1 is 1.44 bits per heavy atom. The third-order valence-electron chi connectivity index (χ3n) is 3.52. The van der Waals surface area contributed by atoms with Crippen LogP contribution in [0.2, 0.25) is 0 Å². The fourth-order valence-electron chi connectivity index (χ4n) is 2.67. The molecule has 0 aliphatic heterocycles. The molecule has 3 nitrogen and oxygen atoms in total. The highest BCUT2D eigenvalue weighted by molar-refractivity contribution is 9.09. The second-order valence-electron chi connectivity index (χ2n) is 4.45. The first-order valence-electron chi connectivity index (χ1n) is 5.93. The molecule has 1 atom stereocenters. The lowest BCUT2D eigenvalue weighted by atomic mass is 9.77. The summed E-state index contributed by atoms with van der Waals surface area (Å²) in [4.78, 5) is 24.5. The number of fused-ring (bicyclic) bond motifs is 1. The summed E-state index contributed by atoms with van der Waals surface area (Å²) in [6.07, 6.45) is 1.59. The van der Waals surface area contributed by atoms with Gasteiger partial charge in [-0.05, 0) is 24.0 Å². The van der Waals surface area contributed by atoms with Gasteiger partial charge in [-0.15, -0.1) is 0 Å². The van der Waals surface area contributed by atoms with E-state index >= 15 is 0 Å². The van der Waals surface area contributed by atoms with Gasteiger partial charge in [0.15, 0.2) is 11.2 Å². The standard InChI is InChI=1S/C14H15BrO3/c1-18-13(17)14(7-4-8-15)11-6-3-2-5-10(11)9-12(14)16/h2-3,5-6H,4,7-9H2,1H3. The van der Waals surface area contributed by atoms with Crippen molar-refractivity contribution in [2.75, 3.05) is 12.4 Å². The number of hydrogen-bond donors (Lipinski definition) is 0. The zero-order valence-electron chi connectivity index (χ0n) is 10.2. The molecule has 1 aliphatic carbocycles. The predicted octanol–water partition coefficient (Wildman–Crippen LogP) is 2.40. The van der Waals surface area contributed by atoms with E-state index in [2.05, 4.69) is 15.9 Å². The zero-order chi connectivity index (χ0) is 13.2. The molecule has 0 aromatic heterocycles. The number of halogens is 1. The Morgan fingerprint density at radius 3 is 2.83 bits per heavy atom. The average molecular weight is 311 g/mol. The molecule has 18 heavy (non-hydrogen) atoms. The number of methoxy groups -OCH3 is 1. The second kappa shape index (κ2) is 5.22. The molecule has 0 saturated heterocycles. The lowest BCUT2D eigenvalue weighted by Gasteiger charge is -2.25. The Hall–Kier alpha value is -1.16. The van der Waals surface area contributed by atoms with E-state index in [0.29, 0.717) is 12.8 Å². The number of alkyl halides is 1.